The van der Waals surface area contributed by atoms with Crippen molar-refractivity contribution in [3.05, 3.63) is 34.9 Å². The van der Waals surface area contributed by atoms with E-state index in [4.69, 9.17) is 11.6 Å². The van der Waals surface area contributed by atoms with Gasteiger partial charge in [-0.3, -0.25) is 20.2 Å². The number of amides is 4. The van der Waals surface area contributed by atoms with Crippen molar-refractivity contribution in [1.29, 1.82) is 0 Å². The lowest BCUT2D eigenvalue weighted by atomic mass is 9.73. The van der Waals surface area contributed by atoms with Crippen LogP contribution in [-0.4, -0.2) is 17.8 Å². The molecule has 0 aliphatic carbocycles. The quantitative estimate of drug-likeness (QED) is 0.838. The van der Waals surface area contributed by atoms with Gasteiger partial charge in [0.15, 0.2) is 0 Å². The first-order valence-corrected chi connectivity index (χ1v) is 7.12. The fourth-order valence-electron chi connectivity index (χ4n) is 2.69. The van der Waals surface area contributed by atoms with E-state index >= 15 is 0 Å². The minimum atomic E-state index is -1.28. The number of imide groups is 2. The third-order valence-electron chi connectivity index (χ3n) is 3.48. The van der Waals surface area contributed by atoms with Crippen LogP contribution in [0, 0.1) is 11.3 Å². The molecule has 1 saturated heterocycles. The molecule has 2 rings (SSSR count). The Labute approximate surface area is 128 Å². The monoisotopic (exact) mass is 308 g/mol. The van der Waals surface area contributed by atoms with Gasteiger partial charge < -0.3 is 0 Å². The van der Waals surface area contributed by atoms with Crippen molar-refractivity contribution in [2.45, 2.75) is 26.7 Å². The number of hydrogen-bond donors (Lipinski definition) is 2. The van der Waals surface area contributed by atoms with E-state index in [0.717, 1.165) is 5.56 Å². The van der Waals surface area contributed by atoms with Crippen LogP contribution in [0.25, 0.3) is 0 Å². The normalized spacial score (nSPS) is 17.6. The van der Waals surface area contributed by atoms with Crippen molar-refractivity contribution < 1.29 is 14.4 Å². The number of urea groups is 1. The Morgan fingerprint density at radius 1 is 1.14 bits per heavy atom. The maximum absolute atomic E-state index is 12.3. The summed E-state index contributed by atoms with van der Waals surface area (Å²) in [4.78, 5) is 36.0. The zero-order valence-electron chi connectivity index (χ0n) is 11.9. The molecule has 6 heteroatoms. The summed E-state index contributed by atoms with van der Waals surface area (Å²) < 4.78 is 0. The van der Waals surface area contributed by atoms with Crippen molar-refractivity contribution >= 4 is 29.4 Å². The van der Waals surface area contributed by atoms with Crippen LogP contribution in [0.4, 0.5) is 4.79 Å². The highest BCUT2D eigenvalue weighted by Gasteiger charge is 2.50. The summed E-state index contributed by atoms with van der Waals surface area (Å²) in [6.07, 6.45) is 0.557. The molecular formula is C15H17ClN2O3. The average molecular weight is 309 g/mol. The lowest BCUT2D eigenvalue weighted by Crippen LogP contribution is -2.63. The lowest BCUT2D eigenvalue weighted by molar-refractivity contribution is -0.145. The van der Waals surface area contributed by atoms with E-state index in [1.165, 1.54) is 0 Å². The lowest BCUT2D eigenvalue weighted by Gasteiger charge is -2.35. The predicted octanol–water partition coefficient (Wildman–Crippen LogP) is 2.28. The van der Waals surface area contributed by atoms with Gasteiger partial charge in [0, 0.05) is 5.02 Å². The van der Waals surface area contributed by atoms with E-state index in [-0.39, 0.29) is 12.3 Å². The van der Waals surface area contributed by atoms with Crippen molar-refractivity contribution in [2.24, 2.45) is 11.3 Å². The molecule has 1 aromatic rings. The van der Waals surface area contributed by atoms with Crippen LogP contribution in [0.3, 0.4) is 0 Å². The molecule has 0 radical (unpaired) electrons. The maximum Gasteiger partial charge on any atom is 0.328 e. The number of carbonyl (C=O) groups excluding carboxylic acids is 3. The molecular weight excluding hydrogens is 292 g/mol. The number of nitrogens with one attached hydrogen (secondary N) is 2. The number of rotatable bonds is 4. The standard InChI is InChI=1S/C15H17ClN2O3/c1-9(2)7-15(8-10-4-3-5-11(16)6-10)12(19)17-14(21)18-13(15)20/h3-6,9H,7-8H2,1-2H3,(H2,17,18,19,20,21). The Kier molecular flexibility index (Phi) is 4.32. The highest BCUT2D eigenvalue weighted by molar-refractivity contribution is 6.30. The van der Waals surface area contributed by atoms with Crippen LogP contribution in [0.5, 0.6) is 0 Å². The Bertz CT molecular complexity index is 578. The summed E-state index contributed by atoms with van der Waals surface area (Å²) >= 11 is 5.95. The molecule has 0 atom stereocenters. The fraction of sp³-hybridized carbons (Fsp3) is 0.400. The summed E-state index contributed by atoms with van der Waals surface area (Å²) in [6.45, 7) is 3.85. The number of halogens is 1. The Morgan fingerprint density at radius 2 is 1.76 bits per heavy atom. The van der Waals surface area contributed by atoms with Gasteiger partial charge in [-0.1, -0.05) is 37.6 Å². The maximum atomic E-state index is 12.3. The first-order chi connectivity index (χ1) is 9.83. The molecule has 21 heavy (non-hydrogen) atoms. The van der Waals surface area contributed by atoms with E-state index in [9.17, 15) is 14.4 Å². The van der Waals surface area contributed by atoms with Gasteiger partial charge in [0.25, 0.3) is 0 Å². The van der Waals surface area contributed by atoms with Gasteiger partial charge in [0.05, 0.1) is 0 Å². The third kappa shape index (κ3) is 3.24. The van der Waals surface area contributed by atoms with Crippen molar-refractivity contribution in [2.75, 3.05) is 0 Å². The number of carbonyl (C=O) groups is 3. The summed E-state index contributed by atoms with van der Waals surface area (Å²) in [7, 11) is 0. The minimum absolute atomic E-state index is 0.119. The molecule has 5 nitrogen and oxygen atoms in total. The number of barbiturate groups is 1. The molecule has 1 aliphatic rings. The molecule has 1 aliphatic heterocycles. The molecule has 2 N–H and O–H groups in total. The third-order valence-corrected chi connectivity index (χ3v) is 3.71. The first-order valence-electron chi connectivity index (χ1n) is 6.75. The fourth-order valence-corrected chi connectivity index (χ4v) is 2.90. The molecule has 0 bridgehead atoms. The predicted molar refractivity (Wildman–Crippen MR) is 78.7 cm³/mol. The molecule has 0 aromatic heterocycles. The van der Waals surface area contributed by atoms with Gasteiger partial charge >= 0.3 is 6.03 Å². The Balaban J connectivity index is 2.39. The Hall–Kier alpha value is -1.88. The van der Waals surface area contributed by atoms with Gasteiger partial charge in [-0.05, 0) is 36.5 Å². The van der Waals surface area contributed by atoms with Crippen molar-refractivity contribution in [1.82, 2.24) is 10.6 Å². The van der Waals surface area contributed by atoms with Crippen LogP contribution in [0.15, 0.2) is 24.3 Å². The average Bonchev–Trinajstić information content (AvgIpc) is 2.35. The molecule has 112 valence electrons. The second kappa shape index (κ2) is 5.85. The number of benzene rings is 1. The van der Waals surface area contributed by atoms with Crippen LogP contribution in [0.2, 0.25) is 5.02 Å². The smallest absolute Gasteiger partial charge is 0.277 e. The second-order valence-corrected chi connectivity index (χ2v) is 6.16. The van der Waals surface area contributed by atoms with E-state index in [1.54, 1.807) is 18.2 Å². The molecule has 1 aromatic carbocycles. The van der Waals surface area contributed by atoms with Gasteiger partial charge in [-0.2, -0.15) is 0 Å². The molecule has 1 fully saturated rings. The van der Waals surface area contributed by atoms with Gasteiger partial charge in [-0.15, -0.1) is 0 Å². The molecule has 0 spiro atoms. The van der Waals surface area contributed by atoms with Crippen molar-refractivity contribution in [3.63, 3.8) is 0 Å². The zero-order valence-corrected chi connectivity index (χ0v) is 12.7. The minimum Gasteiger partial charge on any atom is -0.277 e. The van der Waals surface area contributed by atoms with Crippen LogP contribution in [-0.2, 0) is 16.0 Å². The molecule has 0 saturated carbocycles. The Morgan fingerprint density at radius 3 is 2.29 bits per heavy atom. The molecule has 0 unspecified atom stereocenters. The summed E-state index contributed by atoms with van der Waals surface area (Å²) in [5.41, 5.74) is -0.505. The van der Waals surface area contributed by atoms with Gasteiger partial charge in [-0.25, -0.2) is 4.79 Å². The first kappa shape index (κ1) is 15.5. The molecule has 1 heterocycles. The van der Waals surface area contributed by atoms with E-state index < -0.39 is 23.3 Å². The van der Waals surface area contributed by atoms with Crippen LogP contribution < -0.4 is 10.6 Å². The van der Waals surface area contributed by atoms with E-state index in [0.29, 0.717) is 11.4 Å². The highest BCUT2D eigenvalue weighted by Crippen LogP contribution is 2.34. The van der Waals surface area contributed by atoms with Crippen LogP contribution >= 0.6 is 11.6 Å². The number of hydrogen-bond acceptors (Lipinski definition) is 3. The summed E-state index contributed by atoms with van der Waals surface area (Å²) in [5, 5.41) is 4.94. The SMILES string of the molecule is CC(C)CC1(Cc2cccc(Cl)c2)C(=O)NC(=O)NC1=O. The highest BCUT2D eigenvalue weighted by atomic mass is 35.5. The van der Waals surface area contributed by atoms with E-state index in [2.05, 4.69) is 10.6 Å². The summed E-state index contributed by atoms with van der Waals surface area (Å²) in [6, 6.07) is 6.26. The van der Waals surface area contributed by atoms with Crippen molar-refractivity contribution in [3.8, 4) is 0 Å². The summed E-state index contributed by atoms with van der Waals surface area (Å²) in [5.74, 6) is -0.983. The second-order valence-electron chi connectivity index (χ2n) is 5.72. The van der Waals surface area contributed by atoms with Gasteiger partial charge in [0.2, 0.25) is 11.8 Å². The zero-order chi connectivity index (χ0) is 15.6. The largest absolute Gasteiger partial charge is 0.328 e. The van der Waals surface area contributed by atoms with Gasteiger partial charge in [0.1, 0.15) is 5.41 Å². The van der Waals surface area contributed by atoms with E-state index in [1.807, 2.05) is 19.9 Å². The molecule has 4 amide bonds. The van der Waals surface area contributed by atoms with Crippen LogP contribution in [0.1, 0.15) is 25.8 Å². The topological polar surface area (TPSA) is 75.3 Å².